The number of nitrogens with one attached hydrogen (secondary N) is 1. The van der Waals surface area contributed by atoms with Gasteiger partial charge in [-0.3, -0.25) is 19.3 Å². The number of carbonyl (C=O) groups excluding carboxylic acids is 4. The number of rotatable bonds is 7. The molecule has 30 heavy (non-hydrogen) atoms. The Bertz CT molecular complexity index is 971. The summed E-state index contributed by atoms with van der Waals surface area (Å²) >= 11 is 2.45. The molecule has 2 amide bonds. The van der Waals surface area contributed by atoms with Gasteiger partial charge in [0.15, 0.2) is 5.71 Å². The van der Waals surface area contributed by atoms with Gasteiger partial charge in [0.25, 0.3) is 11.8 Å². The molecule has 3 rings (SSSR count). The first-order valence-electron chi connectivity index (χ1n) is 8.52. The maximum Gasteiger partial charge on any atom is 0.302 e. The van der Waals surface area contributed by atoms with Crippen LogP contribution in [0.2, 0.25) is 0 Å². The maximum absolute atomic E-state index is 12.7. The number of nitrogens with two attached hydrogens (primary N) is 1. The second kappa shape index (κ2) is 8.75. The van der Waals surface area contributed by atoms with E-state index in [0.29, 0.717) is 10.6 Å². The van der Waals surface area contributed by atoms with Gasteiger partial charge in [0.05, 0.1) is 16.7 Å². The lowest BCUT2D eigenvalue weighted by Crippen LogP contribution is -2.71. The number of anilines is 1. The number of carboxylic acid groups (broad SMARTS) is 1. The van der Waals surface area contributed by atoms with Crippen LogP contribution < -0.4 is 16.2 Å². The Hall–Kier alpha value is -3.06. The summed E-state index contributed by atoms with van der Waals surface area (Å²) in [5, 5.41) is 19.3. The molecule has 0 aromatic carbocycles. The van der Waals surface area contributed by atoms with Gasteiger partial charge in [-0.2, -0.15) is 0 Å². The molecule has 2 atom stereocenters. The normalized spacial score (nSPS) is 20.9. The number of carbonyl (C=O) groups is 4. The molecule has 2 aliphatic rings. The monoisotopic (exact) mass is 453 g/mol. The van der Waals surface area contributed by atoms with Crippen molar-refractivity contribution >= 4 is 57.6 Å². The molecule has 160 valence electrons. The van der Waals surface area contributed by atoms with E-state index in [1.165, 1.54) is 37.1 Å². The summed E-state index contributed by atoms with van der Waals surface area (Å²) in [5.41, 5.74) is 5.96. The topological polar surface area (TPSA) is 163 Å². The molecule has 13 heteroatoms. The zero-order valence-corrected chi connectivity index (χ0v) is 17.5. The molecule has 0 radical (unpaired) electrons. The molecular formula is C17H17N4O7S2-. The van der Waals surface area contributed by atoms with Gasteiger partial charge < -0.3 is 30.5 Å². The smallest absolute Gasteiger partial charge is 0.302 e. The molecule has 0 bridgehead atoms. The molecule has 0 unspecified atom stereocenters. The summed E-state index contributed by atoms with van der Waals surface area (Å²) < 4.78 is 4.86. The van der Waals surface area contributed by atoms with Crippen molar-refractivity contribution in [3.63, 3.8) is 0 Å². The Morgan fingerprint density at radius 2 is 2.17 bits per heavy atom. The van der Waals surface area contributed by atoms with E-state index >= 15 is 0 Å². The predicted octanol–water partition coefficient (Wildman–Crippen LogP) is -1.35. The van der Waals surface area contributed by atoms with Crippen LogP contribution in [-0.2, 0) is 28.8 Å². The van der Waals surface area contributed by atoms with Crippen molar-refractivity contribution in [2.75, 3.05) is 25.2 Å². The molecule has 11 nitrogen and oxygen atoms in total. The number of hydrogen-bond donors (Lipinski definition) is 2. The number of fused-ring (bicyclic) bond motifs is 1. The van der Waals surface area contributed by atoms with E-state index in [0.717, 1.165) is 4.90 Å². The average molecular weight is 453 g/mol. The zero-order chi connectivity index (χ0) is 22.0. The maximum atomic E-state index is 12.7. The minimum atomic E-state index is -1.56. The van der Waals surface area contributed by atoms with E-state index in [4.69, 9.17) is 15.3 Å². The van der Waals surface area contributed by atoms with Crippen molar-refractivity contribution in [1.82, 2.24) is 10.2 Å². The Kier molecular flexibility index (Phi) is 6.31. The number of esters is 1. The van der Waals surface area contributed by atoms with Gasteiger partial charge in [0, 0.05) is 29.2 Å². The highest BCUT2D eigenvalue weighted by Crippen LogP contribution is 2.40. The van der Waals surface area contributed by atoms with Crippen molar-refractivity contribution < 1.29 is 33.9 Å². The quantitative estimate of drug-likeness (QED) is 0.220. The molecule has 0 saturated carbocycles. The second-order valence-corrected chi connectivity index (χ2v) is 8.29. The molecule has 2 aliphatic heterocycles. The van der Waals surface area contributed by atoms with Crippen LogP contribution >= 0.6 is 23.1 Å². The summed E-state index contributed by atoms with van der Waals surface area (Å²) in [5.74, 6) is -3.24. The molecule has 1 aromatic rings. The fourth-order valence-corrected chi connectivity index (χ4v) is 4.94. The number of carboxylic acids is 1. The number of β-lactam (4-membered cyclic amide) rings is 1. The van der Waals surface area contributed by atoms with Gasteiger partial charge in [0.2, 0.25) is 0 Å². The molecule has 3 N–H and O–H groups in total. The number of nitrogens with zero attached hydrogens (tertiary/aromatic N) is 2. The Balaban J connectivity index is 1.77. The van der Waals surface area contributed by atoms with Crippen LogP contribution in [0.5, 0.6) is 0 Å². The molecule has 0 spiro atoms. The third kappa shape index (κ3) is 4.11. The number of aliphatic carboxylic acids is 1. The first kappa shape index (κ1) is 21.6. The van der Waals surface area contributed by atoms with Crippen molar-refractivity contribution in [2.45, 2.75) is 18.3 Å². The Labute approximate surface area is 178 Å². The Morgan fingerprint density at radius 3 is 2.73 bits per heavy atom. The number of oxime groups is 1. The number of nitrogen functional groups attached to an aromatic ring is 1. The van der Waals surface area contributed by atoms with E-state index in [9.17, 15) is 24.3 Å². The van der Waals surface area contributed by atoms with Crippen molar-refractivity contribution in [2.24, 2.45) is 5.16 Å². The highest BCUT2D eigenvalue weighted by Gasteiger charge is 2.53. The standard InChI is InChI=1S/C17H18N4O7S2/c1-7(22)28-4-9-6-30-16-12(15(24)21(16)13(9)17(25)26)19-14(23)11(20-27-2)8-3-10(18)29-5-8/h3,5,12,16H,4,6,18H2,1-2H3,(H,19,23)(H,25,26)/p-1/b20-11-/t12-,16+/m1/s1. The van der Waals surface area contributed by atoms with Gasteiger partial charge in [-0.15, -0.1) is 23.1 Å². The first-order valence-corrected chi connectivity index (χ1v) is 10.4. The number of thiophene rings is 1. The highest BCUT2D eigenvalue weighted by atomic mass is 32.2. The lowest BCUT2D eigenvalue weighted by atomic mass is 10.0. The van der Waals surface area contributed by atoms with Crippen molar-refractivity contribution in [3.8, 4) is 0 Å². The van der Waals surface area contributed by atoms with Crippen LogP contribution in [0.15, 0.2) is 27.9 Å². The van der Waals surface area contributed by atoms with E-state index in [1.807, 2.05) is 0 Å². The van der Waals surface area contributed by atoms with Crippen LogP contribution in [0.3, 0.4) is 0 Å². The molecule has 1 saturated heterocycles. The SMILES string of the molecule is CO/N=C(\C(=O)N[C@@H]1C(=O)N2C(C(=O)[O-])=C(COC(C)=O)CS[C@@H]12)c1csc(N)c1. The predicted molar refractivity (Wildman–Crippen MR) is 106 cm³/mol. The zero-order valence-electron chi connectivity index (χ0n) is 15.9. The lowest BCUT2D eigenvalue weighted by molar-refractivity contribution is -0.301. The van der Waals surface area contributed by atoms with Crippen LogP contribution in [0, 0.1) is 0 Å². The van der Waals surface area contributed by atoms with Crippen LogP contribution in [-0.4, -0.2) is 65.2 Å². The molecule has 1 aromatic heterocycles. The third-order valence-electron chi connectivity index (χ3n) is 4.27. The van der Waals surface area contributed by atoms with E-state index in [2.05, 4.69) is 10.5 Å². The molecule has 1 fully saturated rings. The van der Waals surface area contributed by atoms with Gasteiger partial charge in [0.1, 0.15) is 25.1 Å². The highest BCUT2D eigenvalue weighted by molar-refractivity contribution is 8.00. The van der Waals surface area contributed by atoms with Crippen molar-refractivity contribution in [1.29, 1.82) is 0 Å². The van der Waals surface area contributed by atoms with Gasteiger partial charge in [-0.05, 0) is 6.07 Å². The lowest BCUT2D eigenvalue weighted by Gasteiger charge is -2.50. The Morgan fingerprint density at radius 1 is 1.43 bits per heavy atom. The summed E-state index contributed by atoms with van der Waals surface area (Å²) in [6.45, 7) is 0.933. The minimum absolute atomic E-state index is 0.0660. The van der Waals surface area contributed by atoms with Crippen LogP contribution in [0.4, 0.5) is 5.00 Å². The summed E-state index contributed by atoms with van der Waals surface area (Å²) in [4.78, 5) is 53.7. The molecule has 3 heterocycles. The number of ether oxygens (including phenoxy) is 1. The molecule has 0 aliphatic carbocycles. The number of amides is 2. The second-order valence-electron chi connectivity index (χ2n) is 6.24. The van der Waals surface area contributed by atoms with Crippen molar-refractivity contribution in [3.05, 3.63) is 28.3 Å². The minimum Gasteiger partial charge on any atom is -0.543 e. The van der Waals surface area contributed by atoms with Gasteiger partial charge in [-0.1, -0.05) is 5.16 Å². The fourth-order valence-electron chi connectivity index (χ4n) is 2.97. The van der Waals surface area contributed by atoms with Gasteiger partial charge >= 0.3 is 5.97 Å². The summed E-state index contributed by atoms with van der Waals surface area (Å²) in [6, 6.07) is 0.579. The van der Waals surface area contributed by atoms with Gasteiger partial charge in [-0.25, -0.2) is 0 Å². The molecular weight excluding hydrogens is 436 g/mol. The number of hydrogen-bond acceptors (Lipinski definition) is 11. The summed E-state index contributed by atoms with van der Waals surface area (Å²) in [6.07, 6.45) is 0. The largest absolute Gasteiger partial charge is 0.543 e. The van der Waals surface area contributed by atoms with Crippen LogP contribution in [0.1, 0.15) is 12.5 Å². The number of thioether (sulfide) groups is 1. The van der Waals surface area contributed by atoms with Crippen LogP contribution in [0.25, 0.3) is 0 Å². The summed E-state index contributed by atoms with van der Waals surface area (Å²) in [7, 11) is 1.28. The van der Waals surface area contributed by atoms with E-state index in [1.54, 1.807) is 11.4 Å². The van der Waals surface area contributed by atoms with E-state index in [-0.39, 0.29) is 29.3 Å². The third-order valence-corrected chi connectivity index (χ3v) is 6.37. The fraction of sp³-hybridized carbons (Fsp3) is 0.353. The van der Waals surface area contributed by atoms with E-state index < -0.39 is 35.2 Å². The average Bonchev–Trinajstić information content (AvgIpc) is 3.13. The first-order chi connectivity index (χ1) is 14.2.